The molecule has 2 aromatic carbocycles. The highest BCUT2D eigenvalue weighted by atomic mass is 32.2. The summed E-state index contributed by atoms with van der Waals surface area (Å²) in [7, 11) is -3.76. The molecule has 0 spiro atoms. The zero-order valence-corrected chi connectivity index (χ0v) is 17.3. The van der Waals surface area contributed by atoms with Gasteiger partial charge in [0.1, 0.15) is 17.6 Å². The van der Waals surface area contributed by atoms with Gasteiger partial charge in [-0.1, -0.05) is 24.3 Å². The number of sulfonamides is 1. The number of nitro benzene ring substituents is 1. The number of carbonyl (C=O) groups is 2. The molecular weight excluding hydrogens is 428 g/mol. The highest BCUT2D eigenvalue weighted by molar-refractivity contribution is 7.90. The molecule has 0 aromatic heterocycles. The van der Waals surface area contributed by atoms with Crippen LogP contribution in [0.25, 0.3) is 0 Å². The van der Waals surface area contributed by atoms with E-state index in [0.29, 0.717) is 5.56 Å². The minimum absolute atomic E-state index is 0.00272. The van der Waals surface area contributed by atoms with Gasteiger partial charge in [0.2, 0.25) is 0 Å². The van der Waals surface area contributed by atoms with Crippen molar-refractivity contribution < 1.29 is 27.7 Å². The minimum atomic E-state index is -3.76. The number of rotatable bonds is 6. The average molecular weight is 446 g/mol. The molecule has 1 heterocycles. The molecule has 2 aromatic rings. The van der Waals surface area contributed by atoms with Gasteiger partial charge in [-0.15, -0.1) is 0 Å². The van der Waals surface area contributed by atoms with Gasteiger partial charge in [-0.3, -0.25) is 24.6 Å². The predicted octanol–water partition coefficient (Wildman–Crippen LogP) is 1.59. The Labute approximate surface area is 177 Å². The number of anilines is 1. The first-order valence-electron chi connectivity index (χ1n) is 9.05. The van der Waals surface area contributed by atoms with Crippen molar-refractivity contribution in [3.63, 3.8) is 0 Å². The Morgan fingerprint density at radius 2 is 1.77 bits per heavy atom. The fourth-order valence-corrected chi connectivity index (χ4v) is 4.01. The second-order valence-corrected chi connectivity index (χ2v) is 8.25. The van der Waals surface area contributed by atoms with Crippen LogP contribution in [0.2, 0.25) is 0 Å². The molecule has 1 amide bonds. The SMILES string of the molecule is CC(OC(=O)[C@H](C)N=C1NS(=O)(=O)c2ccccc21)C(=O)Nc1ccccc1[N+](=O)[O-]. The number of amides is 1. The number of hydrogen-bond donors (Lipinski definition) is 2. The molecule has 162 valence electrons. The van der Waals surface area contributed by atoms with Crippen LogP contribution in [-0.2, 0) is 24.3 Å². The Kier molecular flexibility index (Phi) is 6.02. The van der Waals surface area contributed by atoms with Gasteiger partial charge in [-0.2, -0.15) is 0 Å². The predicted molar refractivity (Wildman–Crippen MR) is 110 cm³/mol. The van der Waals surface area contributed by atoms with Crippen LogP contribution in [0.5, 0.6) is 0 Å². The van der Waals surface area contributed by atoms with Crippen LogP contribution in [0, 0.1) is 10.1 Å². The zero-order chi connectivity index (χ0) is 22.8. The van der Waals surface area contributed by atoms with Crippen molar-refractivity contribution in [2.24, 2.45) is 4.99 Å². The first-order chi connectivity index (χ1) is 14.6. The third-order valence-corrected chi connectivity index (χ3v) is 5.74. The van der Waals surface area contributed by atoms with E-state index in [1.54, 1.807) is 18.2 Å². The molecule has 2 N–H and O–H groups in total. The number of amidine groups is 1. The fraction of sp³-hybridized carbons (Fsp3) is 0.211. The summed E-state index contributed by atoms with van der Waals surface area (Å²) < 4.78 is 31.6. The second-order valence-electron chi connectivity index (χ2n) is 6.60. The third kappa shape index (κ3) is 4.69. The van der Waals surface area contributed by atoms with E-state index < -0.39 is 39.0 Å². The first kappa shape index (κ1) is 21.9. The average Bonchev–Trinajstić information content (AvgIpc) is 2.98. The number of aliphatic imine (C=N–C) groups is 1. The summed E-state index contributed by atoms with van der Waals surface area (Å²) in [5.74, 6) is -1.65. The Bertz CT molecular complexity index is 1190. The smallest absolute Gasteiger partial charge is 0.331 e. The molecule has 1 unspecified atom stereocenters. The maximum absolute atomic E-state index is 12.4. The lowest BCUT2D eigenvalue weighted by Gasteiger charge is -2.15. The maximum Gasteiger partial charge on any atom is 0.331 e. The molecule has 11 nitrogen and oxygen atoms in total. The molecule has 12 heteroatoms. The molecule has 0 radical (unpaired) electrons. The van der Waals surface area contributed by atoms with Crippen molar-refractivity contribution in [1.29, 1.82) is 0 Å². The van der Waals surface area contributed by atoms with Crippen molar-refractivity contribution >= 4 is 39.1 Å². The number of hydrogen-bond acceptors (Lipinski definition) is 8. The lowest BCUT2D eigenvalue weighted by molar-refractivity contribution is -0.383. The molecule has 2 atom stereocenters. The van der Waals surface area contributed by atoms with E-state index >= 15 is 0 Å². The van der Waals surface area contributed by atoms with Gasteiger partial charge in [-0.05, 0) is 32.0 Å². The molecule has 1 aliphatic heterocycles. The summed E-state index contributed by atoms with van der Waals surface area (Å²) in [6.45, 7) is 2.69. The van der Waals surface area contributed by atoms with E-state index in [2.05, 4.69) is 15.0 Å². The van der Waals surface area contributed by atoms with Crippen molar-refractivity contribution in [1.82, 2.24) is 4.72 Å². The lowest BCUT2D eigenvalue weighted by Crippen LogP contribution is -2.34. The van der Waals surface area contributed by atoms with Crippen molar-refractivity contribution in [2.75, 3.05) is 5.32 Å². The summed E-state index contributed by atoms with van der Waals surface area (Å²) in [6.07, 6.45) is -1.28. The Morgan fingerprint density at radius 1 is 1.13 bits per heavy atom. The summed E-state index contributed by atoms with van der Waals surface area (Å²) in [4.78, 5) is 39.2. The number of benzene rings is 2. The normalized spacial score (nSPS) is 17.2. The van der Waals surface area contributed by atoms with Crippen LogP contribution in [0.3, 0.4) is 0 Å². The van der Waals surface area contributed by atoms with E-state index in [1.807, 2.05) is 0 Å². The number of nitro groups is 1. The molecule has 0 bridgehead atoms. The minimum Gasteiger partial charge on any atom is -0.451 e. The van der Waals surface area contributed by atoms with E-state index in [9.17, 15) is 28.1 Å². The number of nitrogens with zero attached hydrogens (tertiary/aromatic N) is 2. The Morgan fingerprint density at radius 3 is 2.48 bits per heavy atom. The van der Waals surface area contributed by atoms with Crippen LogP contribution >= 0.6 is 0 Å². The maximum atomic E-state index is 12.4. The second kappa shape index (κ2) is 8.52. The summed E-state index contributed by atoms with van der Waals surface area (Å²) in [5, 5.41) is 13.4. The van der Waals surface area contributed by atoms with Crippen molar-refractivity contribution in [3.05, 3.63) is 64.2 Å². The number of nitrogens with one attached hydrogen (secondary N) is 2. The van der Waals surface area contributed by atoms with Gasteiger partial charge in [0.25, 0.3) is 21.6 Å². The van der Waals surface area contributed by atoms with Gasteiger partial charge in [0, 0.05) is 11.6 Å². The van der Waals surface area contributed by atoms with Gasteiger partial charge >= 0.3 is 5.97 Å². The third-order valence-electron chi connectivity index (χ3n) is 4.35. The monoisotopic (exact) mass is 446 g/mol. The Hall–Kier alpha value is -3.80. The highest BCUT2D eigenvalue weighted by Crippen LogP contribution is 2.24. The van der Waals surface area contributed by atoms with Crippen LogP contribution < -0.4 is 10.0 Å². The van der Waals surface area contributed by atoms with Gasteiger partial charge in [0.15, 0.2) is 6.10 Å². The standard InChI is InChI=1S/C19H18N4O7S/c1-11(20-17-13-7-3-6-10-16(13)31(28,29)22-17)19(25)30-12(2)18(24)21-14-8-4-5-9-15(14)23(26)27/h3-12H,1-2H3,(H,20,22)(H,21,24)/t11-,12?/m0/s1. The molecule has 0 aliphatic carbocycles. The van der Waals surface area contributed by atoms with Crippen LogP contribution in [0.4, 0.5) is 11.4 Å². The van der Waals surface area contributed by atoms with E-state index in [0.717, 1.165) is 0 Å². The lowest BCUT2D eigenvalue weighted by atomic mass is 10.2. The molecule has 0 saturated carbocycles. The summed E-state index contributed by atoms with van der Waals surface area (Å²) >= 11 is 0. The van der Waals surface area contributed by atoms with Crippen molar-refractivity contribution in [3.8, 4) is 0 Å². The van der Waals surface area contributed by atoms with E-state index in [4.69, 9.17) is 4.74 Å². The van der Waals surface area contributed by atoms with E-state index in [1.165, 1.54) is 44.2 Å². The first-order valence-corrected chi connectivity index (χ1v) is 10.5. The number of ether oxygens (including phenoxy) is 1. The zero-order valence-electron chi connectivity index (χ0n) is 16.4. The van der Waals surface area contributed by atoms with Crippen LogP contribution in [0.15, 0.2) is 58.4 Å². The summed E-state index contributed by atoms with van der Waals surface area (Å²) in [6, 6.07) is 10.6. The van der Waals surface area contributed by atoms with Crippen LogP contribution in [0.1, 0.15) is 19.4 Å². The van der Waals surface area contributed by atoms with Gasteiger partial charge in [-0.25, -0.2) is 13.2 Å². The number of para-hydroxylation sites is 2. The topological polar surface area (TPSA) is 157 Å². The van der Waals surface area contributed by atoms with Crippen molar-refractivity contribution in [2.45, 2.75) is 30.9 Å². The number of esters is 1. The molecular formula is C19H18N4O7S. The molecule has 0 saturated heterocycles. The number of carbonyl (C=O) groups excluding carboxylic acids is 2. The van der Waals surface area contributed by atoms with Gasteiger partial charge in [0.05, 0.1) is 9.82 Å². The fourth-order valence-electron chi connectivity index (χ4n) is 2.78. The summed E-state index contributed by atoms with van der Waals surface area (Å²) in [5.41, 5.74) is -0.0173. The van der Waals surface area contributed by atoms with E-state index in [-0.39, 0.29) is 22.1 Å². The highest BCUT2D eigenvalue weighted by Gasteiger charge is 2.32. The van der Waals surface area contributed by atoms with Crippen LogP contribution in [-0.4, -0.2) is 43.2 Å². The molecule has 3 rings (SSSR count). The molecule has 0 fully saturated rings. The largest absolute Gasteiger partial charge is 0.451 e. The number of fused-ring (bicyclic) bond motifs is 1. The Balaban J connectivity index is 1.68. The van der Waals surface area contributed by atoms with Gasteiger partial charge < -0.3 is 10.1 Å². The molecule has 31 heavy (non-hydrogen) atoms. The molecule has 1 aliphatic rings. The quantitative estimate of drug-likeness (QED) is 0.387.